The molecular weight excluding hydrogens is 418 g/mol. The molecule has 0 unspecified atom stereocenters. The Morgan fingerprint density at radius 1 is 0.781 bits per heavy atom. The molecule has 0 atom stereocenters. The van der Waals surface area contributed by atoms with Crippen molar-refractivity contribution < 1.29 is 9.53 Å². The number of thioether (sulfide) groups is 1. The number of amides is 1. The van der Waals surface area contributed by atoms with Crippen molar-refractivity contribution in [2.24, 2.45) is 4.99 Å². The Bertz CT molecular complexity index is 1150. The highest BCUT2D eigenvalue weighted by molar-refractivity contribution is 8.18. The van der Waals surface area contributed by atoms with Gasteiger partial charge in [0, 0.05) is 31.9 Å². The van der Waals surface area contributed by atoms with Crippen LogP contribution in [0.4, 0.5) is 5.69 Å². The van der Waals surface area contributed by atoms with Crippen molar-refractivity contribution in [2.45, 2.75) is 0 Å². The number of anilines is 1. The molecule has 0 aliphatic carbocycles. The van der Waals surface area contributed by atoms with Crippen LogP contribution in [0.25, 0.3) is 6.08 Å². The Kier molecular flexibility index (Phi) is 5.94. The van der Waals surface area contributed by atoms with Crippen LogP contribution in [0.5, 0.6) is 11.5 Å². The molecule has 32 heavy (non-hydrogen) atoms. The maximum atomic E-state index is 12.5. The number of piperazine rings is 1. The molecule has 2 heterocycles. The summed E-state index contributed by atoms with van der Waals surface area (Å²) in [6, 6.07) is 27.8. The van der Waals surface area contributed by atoms with E-state index >= 15 is 0 Å². The van der Waals surface area contributed by atoms with E-state index in [1.807, 2.05) is 66.7 Å². The Labute approximate surface area is 192 Å². The molecular formula is C26H23N3O2S. The molecule has 2 aliphatic rings. The van der Waals surface area contributed by atoms with Gasteiger partial charge in [-0.3, -0.25) is 4.79 Å². The monoisotopic (exact) mass is 441 g/mol. The Morgan fingerprint density at radius 2 is 1.44 bits per heavy atom. The number of hydrogen-bond acceptors (Lipinski definition) is 5. The van der Waals surface area contributed by atoms with Crippen molar-refractivity contribution in [3.05, 3.63) is 95.4 Å². The topological polar surface area (TPSA) is 45.1 Å². The molecule has 0 N–H and O–H groups in total. The minimum Gasteiger partial charge on any atom is -0.457 e. The van der Waals surface area contributed by atoms with Crippen molar-refractivity contribution in [3.8, 4) is 11.5 Å². The van der Waals surface area contributed by atoms with Crippen molar-refractivity contribution in [2.75, 3.05) is 31.1 Å². The van der Waals surface area contributed by atoms with E-state index in [1.165, 1.54) is 17.4 Å². The van der Waals surface area contributed by atoms with Crippen LogP contribution in [0, 0.1) is 0 Å². The second kappa shape index (κ2) is 9.32. The maximum absolute atomic E-state index is 12.5. The molecule has 1 amide bonds. The predicted octanol–water partition coefficient (Wildman–Crippen LogP) is 5.27. The van der Waals surface area contributed by atoms with E-state index in [0.29, 0.717) is 4.91 Å². The van der Waals surface area contributed by atoms with Gasteiger partial charge in [0.1, 0.15) is 11.5 Å². The minimum atomic E-state index is -0.176. The van der Waals surface area contributed by atoms with E-state index in [0.717, 1.165) is 48.4 Å². The average Bonchev–Trinajstić information content (AvgIpc) is 3.21. The molecule has 0 saturated carbocycles. The second-order valence-electron chi connectivity index (χ2n) is 7.61. The number of hydrogen-bond donors (Lipinski definition) is 0. The first-order valence-electron chi connectivity index (χ1n) is 10.7. The number of carbonyl (C=O) groups excluding carboxylic acids is 1. The van der Waals surface area contributed by atoms with E-state index in [4.69, 9.17) is 4.74 Å². The van der Waals surface area contributed by atoms with Gasteiger partial charge in [0.25, 0.3) is 5.91 Å². The molecule has 5 rings (SSSR count). The summed E-state index contributed by atoms with van der Waals surface area (Å²) in [6.07, 6.45) is 1.89. The number of nitrogens with zero attached hydrogens (tertiary/aromatic N) is 3. The Hall–Kier alpha value is -3.51. The standard InChI is InChI=1S/C26H23N3O2S/c30-25-24(19-20-8-7-13-23(18-20)31-22-11-5-2-6-12-22)32-26(27-25)29-16-14-28(15-17-29)21-9-3-1-4-10-21/h1-13,18-19H,14-17H2/b24-19-. The molecule has 1 fully saturated rings. The Morgan fingerprint density at radius 3 is 2.19 bits per heavy atom. The van der Waals surface area contributed by atoms with Crippen LogP contribution in [0.3, 0.4) is 0 Å². The summed E-state index contributed by atoms with van der Waals surface area (Å²) in [5, 5.41) is 0.797. The quantitative estimate of drug-likeness (QED) is 0.516. The van der Waals surface area contributed by atoms with Gasteiger partial charge in [0.15, 0.2) is 5.17 Å². The van der Waals surface area contributed by atoms with Gasteiger partial charge in [-0.15, -0.1) is 0 Å². The molecule has 3 aromatic carbocycles. The van der Waals surface area contributed by atoms with Crippen LogP contribution >= 0.6 is 11.8 Å². The fourth-order valence-corrected chi connectivity index (χ4v) is 4.74. The van der Waals surface area contributed by atoms with Crippen molar-refractivity contribution >= 4 is 34.6 Å². The van der Waals surface area contributed by atoms with Crippen LogP contribution in [0.1, 0.15) is 5.56 Å². The number of carbonyl (C=O) groups is 1. The predicted molar refractivity (Wildman–Crippen MR) is 131 cm³/mol. The van der Waals surface area contributed by atoms with Crippen LogP contribution in [-0.2, 0) is 4.79 Å². The second-order valence-corrected chi connectivity index (χ2v) is 8.62. The summed E-state index contributed by atoms with van der Waals surface area (Å²) in [7, 11) is 0. The van der Waals surface area contributed by atoms with Gasteiger partial charge < -0.3 is 14.5 Å². The Balaban J connectivity index is 1.23. The first-order valence-corrected chi connectivity index (χ1v) is 11.5. The zero-order chi connectivity index (χ0) is 21.8. The highest BCUT2D eigenvalue weighted by Gasteiger charge is 2.28. The van der Waals surface area contributed by atoms with E-state index in [9.17, 15) is 4.79 Å². The van der Waals surface area contributed by atoms with Crippen LogP contribution in [0.15, 0.2) is 94.8 Å². The van der Waals surface area contributed by atoms with Gasteiger partial charge >= 0.3 is 0 Å². The summed E-state index contributed by atoms with van der Waals surface area (Å²) in [6.45, 7) is 3.52. The number of amidine groups is 1. The molecule has 0 radical (unpaired) electrons. The summed E-state index contributed by atoms with van der Waals surface area (Å²) >= 11 is 1.46. The van der Waals surface area contributed by atoms with Gasteiger partial charge in [-0.25, -0.2) is 0 Å². The molecule has 0 aromatic heterocycles. The van der Waals surface area contributed by atoms with Crippen LogP contribution in [-0.4, -0.2) is 42.2 Å². The fraction of sp³-hybridized carbons (Fsp3) is 0.154. The third-order valence-electron chi connectivity index (χ3n) is 5.42. The fourth-order valence-electron chi connectivity index (χ4n) is 3.77. The molecule has 3 aromatic rings. The first-order chi connectivity index (χ1) is 15.7. The van der Waals surface area contributed by atoms with E-state index in [1.54, 1.807) is 0 Å². The van der Waals surface area contributed by atoms with Gasteiger partial charge in [0.2, 0.25) is 0 Å². The van der Waals surface area contributed by atoms with Gasteiger partial charge in [0.05, 0.1) is 4.91 Å². The van der Waals surface area contributed by atoms with Crippen molar-refractivity contribution in [1.29, 1.82) is 0 Å². The number of ether oxygens (including phenoxy) is 1. The average molecular weight is 442 g/mol. The molecule has 1 saturated heterocycles. The zero-order valence-corrected chi connectivity index (χ0v) is 18.4. The van der Waals surface area contributed by atoms with E-state index < -0.39 is 0 Å². The number of rotatable bonds is 4. The molecule has 160 valence electrons. The summed E-state index contributed by atoms with van der Waals surface area (Å²) in [4.78, 5) is 22.1. The van der Waals surface area contributed by atoms with Gasteiger partial charge in [-0.1, -0.05) is 48.5 Å². The highest BCUT2D eigenvalue weighted by Crippen LogP contribution is 2.32. The van der Waals surface area contributed by atoms with Gasteiger partial charge in [-0.2, -0.15) is 4.99 Å². The summed E-state index contributed by atoms with van der Waals surface area (Å²) < 4.78 is 5.91. The molecule has 2 aliphatic heterocycles. The SMILES string of the molecule is O=C1N=C(N2CCN(c3ccccc3)CC2)S/C1=C\c1cccc(Oc2ccccc2)c1. The zero-order valence-electron chi connectivity index (χ0n) is 17.6. The van der Waals surface area contributed by atoms with E-state index in [2.05, 4.69) is 39.1 Å². The lowest BCUT2D eigenvalue weighted by molar-refractivity contribution is -0.113. The lowest BCUT2D eigenvalue weighted by Crippen LogP contribution is -2.47. The van der Waals surface area contributed by atoms with E-state index in [-0.39, 0.29) is 5.91 Å². The third kappa shape index (κ3) is 4.70. The highest BCUT2D eigenvalue weighted by atomic mass is 32.2. The number of para-hydroxylation sites is 2. The largest absolute Gasteiger partial charge is 0.457 e. The molecule has 5 nitrogen and oxygen atoms in total. The molecule has 0 bridgehead atoms. The molecule has 0 spiro atoms. The van der Waals surface area contributed by atoms with Crippen molar-refractivity contribution in [3.63, 3.8) is 0 Å². The maximum Gasteiger partial charge on any atom is 0.286 e. The van der Waals surface area contributed by atoms with Crippen molar-refractivity contribution in [1.82, 2.24) is 4.90 Å². The smallest absolute Gasteiger partial charge is 0.286 e. The minimum absolute atomic E-state index is 0.176. The van der Waals surface area contributed by atoms with Crippen LogP contribution in [0.2, 0.25) is 0 Å². The normalized spacial score (nSPS) is 17.6. The van der Waals surface area contributed by atoms with Crippen LogP contribution < -0.4 is 9.64 Å². The lowest BCUT2D eigenvalue weighted by Gasteiger charge is -2.36. The summed E-state index contributed by atoms with van der Waals surface area (Å²) in [5.74, 6) is 1.34. The van der Waals surface area contributed by atoms with Gasteiger partial charge in [-0.05, 0) is 59.8 Å². The molecule has 6 heteroatoms. The first kappa shape index (κ1) is 20.4. The number of benzene rings is 3. The summed E-state index contributed by atoms with van der Waals surface area (Å²) in [5.41, 5.74) is 2.15. The number of aliphatic imine (C=N–C) groups is 1. The lowest BCUT2D eigenvalue weighted by atomic mass is 10.2. The third-order valence-corrected chi connectivity index (χ3v) is 6.46.